The van der Waals surface area contributed by atoms with Gasteiger partial charge in [-0.3, -0.25) is 0 Å². The number of nitrogens with zero attached hydrogens (tertiary/aromatic N) is 2. The molecule has 1 saturated heterocycles. The highest BCUT2D eigenvalue weighted by Gasteiger charge is 2.34. The number of esters is 1. The second kappa shape index (κ2) is 6.97. The van der Waals surface area contributed by atoms with E-state index in [0.717, 1.165) is 23.3 Å². The summed E-state index contributed by atoms with van der Waals surface area (Å²) < 4.78 is 10.4. The normalized spacial score (nSPS) is 15.0. The molecule has 1 aromatic carbocycles. The zero-order valence-electron chi connectivity index (χ0n) is 15.7. The largest absolute Gasteiger partial charge is 0.462 e. The van der Waals surface area contributed by atoms with Gasteiger partial charge in [-0.05, 0) is 45.9 Å². The van der Waals surface area contributed by atoms with Gasteiger partial charge in [-0.1, -0.05) is 0 Å². The van der Waals surface area contributed by atoms with Crippen LogP contribution in [0.1, 0.15) is 43.9 Å². The first-order chi connectivity index (χ1) is 12.2. The molecule has 0 saturated carbocycles. The van der Waals surface area contributed by atoms with Crippen molar-refractivity contribution in [3.63, 3.8) is 0 Å². The number of rotatable bonds is 4. The number of carbonyl (C=O) groups is 2. The van der Waals surface area contributed by atoms with Gasteiger partial charge in [0.2, 0.25) is 0 Å². The molecule has 140 valence electrons. The Labute approximate surface area is 152 Å². The number of carbonyl (C=O) groups excluding carboxylic acids is 2. The minimum absolute atomic E-state index is 0.266. The standard InChI is InChI=1S/C19H25N3O4/c1-5-25-17(23)13-6-7-14-15(9-13)21-16(20-14)8-12-10-22(11-12)18(24)26-19(2,3)4/h6-7,9,12H,5,8,10-11H2,1-4H3,(H,20,21). The highest BCUT2D eigenvalue weighted by atomic mass is 16.6. The van der Waals surface area contributed by atoms with Crippen molar-refractivity contribution in [2.75, 3.05) is 19.7 Å². The molecule has 2 aromatic rings. The molecule has 7 nitrogen and oxygen atoms in total. The van der Waals surface area contributed by atoms with Crippen molar-refractivity contribution in [2.24, 2.45) is 5.92 Å². The summed E-state index contributed by atoms with van der Waals surface area (Å²) in [5, 5.41) is 0. The fraction of sp³-hybridized carbons (Fsp3) is 0.526. The van der Waals surface area contributed by atoms with Crippen molar-refractivity contribution >= 4 is 23.1 Å². The summed E-state index contributed by atoms with van der Waals surface area (Å²) in [6, 6.07) is 5.30. The predicted molar refractivity (Wildman–Crippen MR) is 97.1 cm³/mol. The number of hydrogen-bond donors (Lipinski definition) is 1. The number of H-pyrrole nitrogens is 1. The van der Waals surface area contributed by atoms with Crippen LogP contribution in [0.4, 0.5) is 4.79 Å². The summed E-state index contributed by atoms with van der Waals surface area (Å²) in [5.41, 5.74) is 1.66. The third kappa shape index (κ3) is 4.15. The van der Waals surface area contributed by atoms with Crippen molar-refractivity contribution in [3.05, 3.63) is 29.6 Å². The Balaban J connectivity index is 1.59. The third-order valence-corrected chi connectivity index (χ3v) is 4.13. The van der Waals surface area contributed by atoms with Gasteiger partial charge >= 0.3 is 12.1 Å². The van der Waals surface area contributed by atoms with E-state index in [1.807, 2.05) is 26.8 Å². The number of aromatic nitrogens is 2. The van der Waals surface area contributed by atoms with Gasteiger partial charge in [0, 0.05) is 25.4 Å². The Morgan fingerprint density at radius 1 is 1.31 bits per heavy atom. The van der Waals surface area contributed by atoms with Gasteiger partial charge in [0.25, 0.3) is 0 Å². The zero-order valence-corrected chi connectivity index (χ0v) is 15.7. The maximum absolute atomic E-state index is 12.0. The smallest absolute Gasteiger partial charge is 0.410 e. The van der Waals surface area contributed by atoms with Crippen molar-refractivity contribution in [3.8, 4) is 0 Å². The van der Waals surface area contributed by atoms with Crippen molar-refractivity contribution < 1.29 is 19.1 Å². The fourth-order valence-corrected chi connectivity index (χ4v) is 2.95. The van der Waals surface area contributed by atoms with Crippen LogP contribution in [0, 0.1) is 5.92 Å². The molecule has 1 aliphatic heterocycles. The van der Waals surface area contributed by atoms with E-state index in [0.29, 0.717) is 31.2 Å². The number of hydrogen-bond acceptors (Lipinski definition) is 5. The van der Waals surface area contributed by atoms with Crippen LogP contribution in [0.5, 0.6) is 0 Å². The summed E-state index contributed by atoms with van der Waals surface area (Å²) in [6.45, 7) is 9.05. The van der Waals surface area contributed by atoms with Crippen LogP contribution < -0.4 is 0 Å². The van der Waals surface area contributed by atoms with Crippen LogP contribution >= 0.6 is 0 Å². The van der Waals surface area contributed by atoms with E-state index >= 15 is 0 Å². The van der Waals surface area contributed by atoms with E-state index in [1.54, 1.807) is 24.0 Å². The molecular weight excluding hydrogens is 334 g/mol. The summed E-state index contributed by atoms with van der Waals surface area (Å²) in [7, 11) is 0. The van der Waals surface area contributed by atoms with Crippen LogP contribution in [0.15, 0.2) is 18.2 Å². The van der Waals surface area contributed by atoms with Gasteiger partial charge in [-0.25, -0.2) is 14.6 Å². The van der Waals surface area contributed by atoms with Crippen LogP contribution in [0.25, 0.3) is 11.0 Å². The Hall–Kier alpha value is -2.57. The molecule has 7 heteroatoms. The number of imidazole rings is 1. The highest BCUT2D eigenvalue weighted by Crippen LogP contribution is 2.23. The first-order valence-electron chi connectivity index (χ1n) is 8.89. The average Bonchev–Trinajstić information content (AvgIpc) is 2.90. The molecule has 0 radical (unpaired) electrons. The lowest BCUT2D eigenvalue weighted by Crippen LogP contribution is -2.52. The molecule has 1 amide bonds. The number of aromatic amines is 1. The maximum Gasteiger partial charge on any atom is 0.410 e. The first kappa shape index (κ1) is 18.2. The number of fused-ring (bicyclic) bond motifs is 1. The molecule has 0 atom stereocenters. The van der Waals surface area contributed by atoms with Gasteiger partial charge in [0.1, 0.15) is 11.4 Å². The van der Waals surface area contributed by atoms with Crippen LogP contribution in [-0.4, -0.2) is 52.2 Å². The maximum atomic E-state index is 12.0. The van der Waals surface area contributed by atoms with Crippen LogP contribution in [0.3, 0.4) is 0 Å². The minimum atomic E-state index is -0.475. The van der Waals surface area contributed by atoms with E-state index in [9.17, 15) is 9.59 Å². The van der Waals surface area contributed by atoms with E-state index in [-0.39, 0.29) is 12.1 Å². The van der Waals surface area contributed by atoms with Crippen molar-refractivity contribution in [1.29, 1.82) is 0 Å². The van der Waals surface area contributed by atoms with Crippen LogP contribution in [-0.2, 0) is 15.9 Å². The Bertz CT molecular complexity index is 816. The van der Waals surface area contributed by atoms with Crippen molar-refractivity contribution in [2.45, 2.75) is 39.7 Å². The lowest BCUT2D eigenvalue weighted by molar-refractivity contribution is -0.00113. The molecule has 0 spiro atoms. The molecule has 2 heterocycles. The lowest BCUT2D eigenvalue weighted by atomic mass is 9.97. The molecule has 0 bridgehead atoms. The number of nitrogens with one attached hydrogen (secondary N) is 1. The monoisotopic (exact) mass is 359 g/mol. The second-order valence-electron chi connectivity index (χ2n) is 7.59. The Morgan fingerprint density at radius 3 is 2.69 bits per heavy atom. The summed E-state index contributed by atoms with van der Waals surface area (Å²) in [5.74, 6) is 0.875. The zero-order chi connectivity index (χ0) is 18.9. The number of likely N-dealkylation sites (tertiary alicyclic amines) is 1. The summed E-state index contributed by atoms with van der Waals surface area (Å²) in [6.07, 6.45) is 0.486. The molecule has 0 unspecified atom stereocenters. The quantitative estimate of drug-likeness (QED) is 0.848. The van der Waals surface area contributed by atoms with E-state index < -0.39 is 5.60 Å². The molecule has 1 aliphatic rings. The lowest BCUT2D eigenvalue weighted by Gasteiger charge is -2.39. The topological polar surface area (TPSA) is 84.5 Å². The molecular formula is C19H25N3O4. The van der Waals surface area contributed by atoms with Crippen LogP contribution in [0.2, 0.25) is 0 Å². The number of amides is 1. The van der Waals surface area contributed by atoms with Gasteiger partial charge in [-0.2, -0.15) is 0 Å². The second-order valence-corrected chi connectivity index (χ2v) is 7.59. The molecule has 1 fully saturated rings. The molecule has 1 aromatic heterocycles. The van der Waals surface area contributed by atoms with Gasteiger partial charge in [0.15, 0.2) is 0 Å². The first-order valence-corrected chi connectivity index (χ1v) is 8.89. The molecule has 26 heavy (non-hydrogen) atoms. The van der Waals surface area contributed by atoms with E-state index in [1.165, 1.54) is 0 Å². The van der Waals surface area contributed by atoms with Gasteiger partial charge < -0.3 is 19.4 Å². The number of benzene rings is 1. The third-order valence-electron chi connectivity index (χ3n) is 4.13. The van der Waals surface area contributed by atoms with E-state index in [4.69, 9.17) is 9.47 Å². The van der Waals surface area contributed by atoms with Gasteiger partial charge in [0.05, 0.1) is 23.2 Å². The fourth-order valence-electron chi connectivity index (χ4n) is 2.95. The SMILES string of the molecule is CCOC(=O)c1ccc2nc(CC3CN(C(=O)OC(C)(C)C)C3)[nH]c2c1. The number of ether oxygens (including phenoxy) is 2. The highest BCUT2D eigenvalue weighted by molar-refractivity contribution is 5.93. The Kier molecular flexibility index (Phi) is 4.89. The predicted octanol–water partition coefficient (Wildman–Crippen LogP) is 3.15. The summed E-state index contributed by atoms with van der Waals surface area (Å²) in [4.78, 5) is 33.3. The minimum Gasteiger partial charge on any atom is -0.462 e. The molecule has 3 rings (SSSR count). The average molecular weight is 359 g/mol. The summed E-state index contributed by atoms with van der Waals surface area (Å²) >= 11 is 0. The Morgan fingerprint density at radius 2 is 2.04 bits per heavy atom. The molecule has 0 aliphatic carbocycles. The van der Waals surface area contributed by atoms with Crippen molar-refractivity contribution in [1.82, 2.24) is 14.9 Å². The molecule has 1 N–H and O–H groups in total. The van der Waals surface area contributed by atoms with E-state index in [2.05, 4.69) is 9.97 Å². The van der Waals surface area contributed by atoms with Gasteiger partial charge in [-0.15, -0.1) is 0 Å².